The van der Waals surface area contributed by atoms with Crippen LogP contribution in [0.25, 0.3) is 0 Å². The van der Waals surface area contributed by atoms with E-state index in [1.54, 1.807) is 0 Å². The van der Waals surface area contributed by atoms with E-state index in [1.165, 1.54) is 5.69 Å². The summed E-state index contributed by atoms with van der Waals surface area (Å²) >= 11 is -2.61. The van der Waals surface area contributed by atoms with Gasteiger partial charge in [-0.15, -0.1) is 0 Å². The lowest BCUT2D eigenvalue weighted by Crippen LogP contribution is -2.21. The maximum atomic E-state index is 8.67. The van der Waals surface area contributed by atoms with Crippen molar-refractivity contribution in [3.8, 4) is 0 Å². The molecule has 0 amide bonds. The summed E-state index contributed by atoms with van der Waals surface area (Å²) in [4.78, 5) is 2.29. The first-order chi connectivity index (χ1) is 7.51. The van der Waals surface area contributed by atoms with Gasteiger partial charge >= 0.3 is 0 Å². The van der Waals surface area contributed by atoms with Gasteiger partial charge in [-0.1, -0.05) is 0 Å². The van der Waals surface area contributed by atoms with Gasteiger partial charge in [0.15, 0.2) is 0 Å². The Balaban J connectivity index is 0.000000487. The molecular formula is C10H18N2O3S. The molecule has 1 aromatic carbocycles. The van der Waals surface area contributed by atoms with Gasteiger partial charge in [0.05, 0.1) is 0 Å². The quantitative estimate of drug-likeness (QED) is 0.559. The summed E-state index contributed by atoms with van der Waals surface area (Å²) in [7, 11) is 0. The lowest BCUT2D eigenvalue weighted by Gasteiger charge is -2.20. The highest BCUT2D eigenvalue weighted by atomic mass is 32.2. The van der Waals surface area contributed by atoms with Crippen LogP contribution in [0.15, 0.2) is 24.3 Å². The van der Waals surface area contributed by atoms with Crippen LogP contribution in [-0.4, -0.2) is 26.4 Å². The van der Waals surface area contributed by atoms with E-state index < -0.39 is 11.4 Å². The normalized spacial score (nSPS) is 9.56. The molecule has 0 aliphatic rings. The Labute approximate surface area is 98.4 Å². The van der Waals surface area contributed by atoms with Crippen LogP contribution in [0.1, 0.15) is 13.8 Å². The van der Waals surface area contributed by atoms with E-state index in [4.69, 9.17) is 19.0 Å². The number of nitrogens with zero attached hydrogens (tertiary/aromatic N) is 1. The van der Waals surface area contributed by atoms with E-state index in [0.29, 0.717) is 0 Å². The van der Waals surface area contributed by atoms with Gasteiger partial charge in [0.2, 0.25) is 0 Å². The van der Waals surface area contributed by atoms with Gasteiger partial charge in [0.25, 0.3) is 11.4 Å². The van der Waals surface area contributed by atoms with E-state index in [1.807, 2.05) is 12.1 Å². The zero-order valence-corrected chi connectivity index (χ0v) is 10.3. The summed E-state index contributed by atoms with van der Waals surface area (Å²) in [5.41, 5.74) is 7.66. The fraction of sp³-hybridized carbons (Fsp3) is 0.400. The van der Waals surface area contributed by atoms with E-state index >= 15 is 0 Å². The second kappa shape index (κ2) is 8.09. The van der Waals surface area contributed by atoms with Gasteiger partial charge in [-0.05, 0) is 38.1 Å². The molecule has 16 heavy (non-hydrogen) atoms. The minimum Gasteiger partial charge on any atom is -0.399 e. The molecule has 0 fully saturated rings. The molecule has 1 rings (SSSR count). The lowest BCUT2D eigenvalue weighted by molar-refractivity contribution is 0.454. The van der Waals surface area contributed by atoms with Crippen LogP contribution in [0.5, 0.6) is 0 Å². The number of nitrogen functional groups attached to an aromatic ring is 1. The molecular weight excluding hydrogens is 228 g/mol. The van der Waals surface area contributed by atoms with Crippen molar-refractivity contribution < 1.29 is 13.3 Å². The molecule has 0 heterocycles. The average Bonchev–Trinajstić information content (AvgIpc) is 2.22. The standard InChI is InChI=1S/C10H16N2.H2O3S/c1-3-12(4-2)10-7-5-9(11)6-8-10;1-4(2)3/h5-8H,3-4,11H2,1-2H3;(H2,1,2,3). The second-order valence-electron chi connectivity index (χ2n) is 2.99. The predicted octanol–water partition coefficient (Wildman–Crippen LogP) is 1.80. The van der Waals surface area contributed by atoms with Crippen LogP contribution in [0.3, 0.4) is 0 Å². The predicted molar refractivity (Wildman–Crippen MR) is 67.8 cm³/mol. The minimum absolute atomic E-state index is 0.825. The zero-order chi connectivity index (χ0) is 12.6. The molecule has 0 radical (unpaired) electrons. The first-order valence-electron chi connectivity index (χ1n) is 4.91. The summed E-state index contributed by atoms with van der Waals surface area (Å²) in [5, 5.41) is 0. The van der Waals surface area contributed by atoms with Crippen LogP contribution in [0.4, 0.5) is 11.4 Å². The van der Waals surface area contributed by atoms with Crippen molar-refractivity contribution in [2.24, 2.45) is 0 Å². The highest BCUT2D eigenvalue weighted by molar-refractivity contribution is 7.73. The van der Waals surface area contributed by atoms with Crippen LogP contribution < -0.4 is 10.6 Å². The fourth-order valence-corrected chi connectivity index (χ4v) is 1.27. The Morgan fingerprint density at radius 3 is 1.88 bits per heavy atom. The van der Waals surface area contributed by atoms with Gasteiger partial charge in [0, 0.05) is 24.5 Å². The van der Waals surface area contributed by atoms with Crippen molar-refractivity contribution in [3.05, 3.63) is 24.3 Å². The zero-order valence-electron chi connectivity index (χ0n) is 9.46. The van der Waals surface area contributed by atoms with E-state index in [2.05, 4.69) is 30.9 Å². The fourth-order valence-electron chi connectivity index (χ4n) is 1.27. The highest BCUT2D eigenvalue weighted by Gasteiger charge is 1.99. The Morgan fingerprint density at radius 2 is 1.56 bits per heavy atom. The Bertz CT molecular complexity index is 308. The summed E-state index contributed by atoms with van der Waals surface area (Å²) in [6.07, 6.45) is 0. The molecule has 0 bridgehead atoms. The van der Waals surface area contributed by atoms with Crippen molar-refractivity contribution in [2.45, 2.75) is 13.8 Å². The van der Waals surface area contributed by atoms with E-state index in [0.717, 1.165) is 18.8 Å². The number of nitrogens with two attached hydrogens (primary N) is 1. The lowest BCUT2D eigenvalue weighted by atomic mass is 10.2. The number of anilines is 2. The largest absolute Gasteiger partial charge is 0.399 e. The van der Waals surface area contributed by atoms with Crippen molar-refractivity contribution in [2.75, 3.05) is 23.7 Å². The third-order valence-corrected chi connectivity index (χ3v) is 2.02. The molecule has 92 valence electrons. The second-order valence-corrected chi connectivity index (χ2v) is 3.46. The molecule has 0 aromatic heterocycles. The molecule has 0 saturated heterocycles. The van der Waals surface area contributed by atoms with Crippen LogP contribution in [0.2, 0.25) is 0 Å². The number of hydrogen-bond donors (Lipinski definition) is 3. The summed E-state index contributed by atoms with van der Waals surface area (Å²) < 4.78 is 22.8. The summed E-state index contributed by atoms with van der Waals surface area (Å²) in [6.45, 7) is 6.39. The van der Waals surface area contributed by atoms with E-state index in [9.17, 15) is 0 Å². The summed E-state index contributed by atoms with van der Waals surface area (Å²) in [5.74, 6) is 0. The molecule has 0 saturated carbocycles. The number of rotatable bonds is 3. The van der Waals surface area contributed by atoms with Gasteiger partial charge in [-0.25, -0.2) is 0 Å². The monoisotopic (exact) mass is 246 g/mol. The molecule has 0 spiro atoms. The SMILES string of the molecule is CCN(CC)c1ccc(N)cc1.O=S(O)O. The third kappa shape index (κ3) is 6.39. The van der Waals surface area contributed by atoms with Crippen LogP contribution in [0, 0.1) is 0 Å². The van der Waals surface area contributed by atoms with Gasteiger partial charge in [-0.2, -0.15) is 4.21 Å². The van der Waals surface area contributed by atoms with Gasteiger partial charge in [0.1, 0.15) is 0 Å². The van der Waals surface area contributed by atoms with Crippen molar-refractivity contribution in [1.82, 2.24) is 0 Å². The molecule has 0 atom stereocenters. The smallest absolute Gasteiger partial charge is 0.299 e. The van der Waals surface area contributed by atoms with Crippen LogP contribution >= 0.6 is 0 Å². The van der Waals surface area contributed by atoms with E-state index in [-0.39, 0.29) is 0 Å². The topological polar surface area (TPSA) is 86.8 Å². The maximum Gasteiger partial charge on any atom is 0.299 e. The Morgan fingerprint density at radius 1 is 1.19 bits per heavy atom. The van der Waals surface area contributed by atoms with Crippen molar-refractivity contribution in [3.63, 3.8) is 0 Å². The molecule has 1 aromatic rings. The average molecular weight is 246 g/mol. The highest BCUT2D eigenvalue weighted by Crippen LogP contribution is 2.15. The molecule has 4 N–H and O–H groups in total. The molecule has 0 aliphatic heterocycles. The first kappa shape index (κ1) is 14.9. The Hall–Kier alpha value is -1.11. The van der Waals surface area contributed by atoms with Crippen molar-refractivity contribution in [1.29, 1.82) is 0 Å². The van der Waals surface area contributed by atoms with Crippen LogP contribution in [-0.2, 0) is 11.4 Å². The van der Waals surface area contributed by atoms with Gasteiger partial charge in [-0.3, -0.25) is 9.11 Å². The summed E-state index contributed by atoms with van der Waals surface area (Å²) in [6, 6.07) is 7.99. The molecule has 0 unspecified atom stereocenters. The van der Waals surface area contributed by atoms with Crippen molar-refractivity contribution >= 4 is 22.7 Å². The number of benzene rings is 1. The maximum absolute atomic E-state index is 8.67. The minimum atomic E-state index is -2.61. The van der Waals surface area contributed by atoms with Gasteiger partial charge < -0.3 is 10.6 Å². The first-order valence-corrected chi connectivity index (χ1v) is 5.98. The number of hydrogen-bond acceptors (Lipinski definition) is 3. The molecule has 6 heteroatoms. The molecule has 5 nitrogen and oxygen atoms in total. The molecule has 0 aliphatic carbocycles. The Kier molecular flexibility index (Phi) is 7.53. The third-order valence-electron chi connectivity index (χ3n) is 2.02.